The molecular weight excluding hydrogens is 410 g/mol. The van der Waals surface area contributed by atoms with Crippen molar-refractivity contribution >= 4 is 33.0 Å². The van der Waals surface area contributed by atoms with Crippen LogP contribution in [-0.2, 0) is 33.0 Å². The molecule has 0 aromatic rings. The number of ether oxygens (including phenoxy) is 2. The Balaban J connectivity index is 6.26. The van der Waals surface area contributed by atoms with Crippen LogP contribution < -0.4 is 11.1 Å². The molecule has 0 fully saturated rings. The number of nitrogens with two attached hydrogens (primary N) is 1. The van der Waals surface area contributed by atoms with Crippen LogP contribution in [0.2, 0.25) is 0 Å². The molecule has 0 saturated heterocycles. The maximum Gasteiger partial charge on any atom is 0.357 e. The number of carbonyl (C=O) groups excluding carboxylic acids is 3. The molecule has 0 radical (unpaired) electrons. The van der Waals surface area contributed by atoms with Crippen molar-refractivity contribution < 1.29 is 52.6 Å². The van der Waals surface area contributed by atoms with Gasteiger partial charge in [0.15, 0.2) is 0 Å². The van der Waals surface area contributed by atoms with Crippen LogP contribution >= 0.6 is 15.2 Å². The molecule has 7 N–H and O–H groups in total. The average molecular weight is 434 g/mol. The summed E-state index contributed by atoms with van der Waals surface area (Å²) < 4.78 is 32.6. The molecule has 158 valence electrons. The third-order valence-electron chi connectivity index (χ3n) is 3.51. The Kier molecular flexibility index (Phi) is 8.79. The van der Waals surface area contributed by atoms with Gasteiger partial charge in [0.05, 0.1) is 13.2 Å². The minimum atomic E-state index is -5.62. The molecule has 0 unspecified atom stereocenters. The quantitative estimate of drug-likeness (QED) is 0.135. The summed E-state index contributed by atoms with van der Waals surface area (Å²) >= 11 is 0. The first-order valence-electron chi connectivity index (χ1n) is 7.62. The van der Waals surface area contributed by atoms with E-state index in [-0.39, 0.29) is 13.2 Å². The van der Waals surface area contributed by atoms with Crippen LogP contribution in [0.25, 0.3) is 0 Å². The van der Waals surface area contributed by atoms with E-state index in [1.807, 2.05) is 5.32 Å². The first kappa shape index (κ1) is 25.7. The van der Waals surface area contributed by atoms with Crippen molar-refractivity contribution in [1.82, 2.24) is 5.32 Å². The molecule has 0 aromatic heterocycles. The summed E-state index contributed by atoms with van der Waals surface area (Å²) in [5.74, 6) is -3.58. The van der Waals surface area contributed by atoms with Gasteiger partial charge in [0, 0.05) is 6.92 Å². The van der Waals surface area contributed by atoms with Gasteiger partial charge in [0.25, 0.3) is 0 Å². The lowest BCUT2D eigenvalue weighted by Gasteiger charge is -2.35. The Morgan fingerprint density at radius 2 is 1.30 bits per heavy atom. The van der Waals surface area contributed by atoms with Crippen molar-refractivity contribution in [2.75, 3.05) is 13.2 Å². The van der Waals surface area contributed by atoms with Crippen LogP contribution in [0.1, 0.15) is 33.6 Å². The van der Waals surface area contributed by atoms with E-state index < -0.39 is 56.4 Å². The van der Waals surface area contributed by atoms with Crippen LogP contribution in [0, 0.1) is 0 Å². The molecule has 0 aliphatic rings. The van der Waals surface area contributed by atoms with E-state index in [2.05, 4.69) is 0 Å². The summed E-state index contributed by atoms with van der Waals surface area (Å²) in [6, 6.07) is 0. The normalized spacial score (nSPS) is 13.0. The molecule has 0 heterocycles. The second-order valence-electron chi connectivity index (χ2n) is 5.49. The minimum absolute atomic E-state index is 0.232. The molecule has 27 heavy (non-hydrogen) atoms. The molecule has 0 bridgehead atoms. The molecule has 1 amide bonds. The van der Waals surface area contributed by atoms with Gasteiger partial charge < -0.3 is 40.1 Å². The lowest BCUT2D eigenvalue weighted by Crippen LogP contribution is -2.62. The maximum atomic E-state index is 12.4. The highest BCUT2D eigenvalue weighted by molar-refractivity contribution is 7.72. The summed E-state index contributed by atoms with van der Waals surface area (Å²) in [4.78, 5) is 73.5. The fourth-order valence-corrected chi connectivity index (χ4v) is 4.26. The van der Waals surface area contributed by atoms with Gasteiger partial charge in [0.2, 0.25) is 16.5 Å². The van der Waals surface area contributed by atoms with Crippen molar-refractivity contribution in [1.29, 1.82) is 0 Å². The molecule has 0 aromatic carbocycles. The summed E-state index contributed by atoms with van der Waals surface area (Å²) in [5.41, 5.74) is 2.69. The van der Waals surface area contributed by atoms with Crippen molar-refractivity contribution in [3.8, 4) is 0 Å². The number of esters is 2. The van der Waals surface area contributed by atoms with Crippen molar-refractivity contribution in [2.45, 2.75) is 44.2 Å². The predicted octanol–water partition coefficient (Wildman–Crippen LogP) is -1.26. The summed E-state index contributed by atoms with van der Waals surface area (Å²) in [5, 5.41) is -1.41. The Labute approximate surface area is 154 Å². The van der Waals surface area contributed by atoms with Gasteiger partial charge in [-0.25, -0.2) is 9.59 Å². The zero-order valence-corrected chi connectivity index (χ0v) is 16.7. The third-order valence-corrected chi connectivity index (χ3v) is 7.54. The van der Waals surface area contributed by atoms with Gasteiger partial charge >= 0.3 is 27.1 Å². The first-order chi connectivity index (χ1) is 12.1. The SMILES string of the molecule is CCOC(=O)C(CCC(N)(P(=O)(O)O)P(=O)(O)O)(NC(C)=O)C(=O)OCC. The van der Waals surface area contributed by atoms with Crippen LogP contribution in [0.3, 0.4) is 0 Å². The van der Waals surface area contributed by atoms with Crippen LogP contribution in [0.5, 0.6) is 0 Å². The van der Waals surface area contributed by atoms with E-state index in [0.717, 1.165) is 6.92 Å². The smallest absolute Gasteiger partial charge is 0.357 e. The number of amides is 1. The summed E-state index contributed by atoms with van der Waals surface area (Å²) in [6.45, 7) is 3.25. The monoisotopic (exact) mass is 434 g/mol. The predicted molar refractivity (Wildman–Crippen MR) is 90.1 cm³/mol. The van der Waals surface area contributed by atoms with Gasteiger partial charge in [-0.1, -0.05) is 0 Å². The fraction of sp³-hybridized carbons (Fsp3) is 0.750. The average Bonchev–Trinajstić information content (AvgIpc) is 2.48. The largest absolute Gasteiger partial charge is 0.464 e. The Bertz CT molecular complexity index is 628. The van der Waals surface area contributed by atoms with E-state index in [9.17, 15) is 43.1 Å². The topological polar surface area (TPSA) is 223 Å². The number of carbonyl (C=O) groups is 3. The number of hydrogen-bond acceptors (Lipinski definition) is 8. The van der Waals surface area contributed by atoms with Crippen LogP contribution in [0.4, 0.5) is 0 Å². The number of rotatable bonds is 10. The van der Waals surface area contributed by atoms with Gasteiger partial charge in [-0.3, -0.25) is 13.9 Å². The first-order valence-corrected chi connectivity index (χ1v) is 10.8. The van der Waals surface area contributed by atoms with E-state index >= 15 is 0 Å². The molecular formula is C12H24N2O11P2. The molecule has 0 rings (SSSR count). The van der Waals surface area contributed by atoms with Crippen molar-refractivity contribution in [3.63, 3.8) is 0 Å². The zero-order valence-electron chi connectivity index (χ0n) is 14.9. The lowest BCUT2D eigenvalue weighted by molar-refractivity contribution is -0.168. The molecule has 0 aliphatic carbocycles. The van der Waals surface area contributed by atoms with E-state index in [1.54, 1.807) is 0 Å². The Morgan fingerprint density at radius 1 is 0.926 bits per heavy atom. The molecule has 0 spiro atoms. The highest BCUT2D eigenvalue weighted by atomic mass is 31.2. The van der Waals surface area contributed by atoms with Gasteiger partial charge in [-0.05, 0) is 26.7 Å². The Morgan fingerprint density at radius 3 is 1.56 bits per heavy atom. The second kappa shape index (κ2) is 9.24. The van der Waals surface area contributed by atoms with Crippen molar-refractivity contribution in [2.24, 2.45) is 5.73 Å². The molecule has 0 saturated carbocycles. The van der Waals surface area contributed by atoms with E-state index in [1.165, 1.54) is 13.8 Å². The highest BCUT2D eigenvalue weighted by Crippen LogP contribution is 2.67. The van der Waals surface area contributed by atoms with Gasteiger partial charge in [0.1, 0.15) is 0 Å². The fourth-order valence-electron chi connectivity index (χ4n) is 2.09. The summed E-state index contributed by atoms with van der Waals surface area (Å²) in [7, 11) is -11.2. The molecule has 0 aliphatic heterocycles. The zero-order chi connectivity index (χ0) is 21.7. The van der Waals surface area contributed by atoms with Crippen LogP contribution in [0.15, 0.2) is 0 Å². The maximum absolute atomic E-state index is 12.4. The lowest BCUT2D eigenvalue weighted by atomic mass is 9.92. The molecule has 15 heteroatoms. The van der Waals surface area contributed by atoms with Crippen LogP contribution in [-0.4, -0.2) is 61.2 Å². The third kappa shape index (κ3) is 5.82. The molecule has 13 nitrogen and oxygen atoms in total. The summed E-state index contributed by atoms with van der Waals surface area (Å²) in [6.07, 6.45) is -2.23. The highest BCUT2D eigenvalue weighted by Gasteiger charge is 2.60. The van der Waals surface area contributed by atoms with Gasteiger partial charge in [-0.2, -0.15) is 0 Å². The van der Waals surface area contributed by atoms with Crippen molar-refractivity contribution in [3.05, 3.63) is 0 Å². The minimum Gasteiger partial charge on any atom is -0.464 e. The standard InChI is InChI=1S/C12H24N2O11P2/c1-4-24-9(16)11(14-8(3)15,10(17)25-5-2)6-7-12(13,26(18,19)20)27(21,22)23/h4-7,13H2,1-3H3,(H,14,15)(H2,18,19,20)(H2,21,22,23). The second-order valence-corrected chi connectivity index (χ2v) is 9.62. The molecule has 0 atom stereocenters. The number of hydrogen-bond donors (Lipinski definition) is 6. The Hall–Kier alpha value is -1.33. The number of nitrogens with one attached hydrogen (secondary N) is 1. The van der Waals surface area contributed by atoms with E-state index in [4.69, 9.17) is 15.2 Å². The van der Waals surface area contributed by atoms with E-state index in [0.29, 0.717) is 0 Å². The van der Waals surface area contributed by atoms with Gasteiger partial charge in [-0.15, -0.1) is 0 Å².